The van der Waals surface area contributed by atoms with Gasteiger partial charge in [0.05, 0.1) is 23.0 Å². The van der Waals surface area contributed by atoms with Crippen LogP contribution in [0.2, 0.25) is 0 Å². The third-order valence-electron chi connectivity index (χ3n) is 2.82. The Kier molecular flexibility index (Phi) is 2.99. The van der Waals surface area contributed by atoms with Gasteiger partial charge in [-0.2, -0.15) is 10.4 Å². The largest absolute Gasteiger partial charge is 0.366 e. The number of nitriles is 1. The molecule has 1 aliphatic rings. The van der Waals surface area contributed by atoms with Crippen molar-refractivity contribution in [1.29, 1.82) is 5.26 Å². The predicted octanol–water partition coefficient (Wildman–Crippen LogP) is 1.74. The zero-order valence-electron chi connectivity index (χ0n) is 11.3. The molecule has 1 saturated heterocycles. The van der Waals surface area contributed by atoms with E-state index in [0.717, 1.165) is 0 Å². The number of nitrogens with zero attached hydrogens (tertiary/aromatic N) is 4. The van der Waals surface area contributed by atoms with E-state index >= 15 is 0 Å². The molecule has 1 fully saturated rings. The van der Waals surface area contributed by atoms with E-state index in [0.29, 0.717) is 24.5 Å². The number of anilines is 1. The summed E-state index contributed by atoms with van der Waals surface area (Å²) in [5.74, 6) is 0.643. The first kappa shape index (κ1) is 12.8. The van der Waals surface area contributed by atoms with E-state index in [-0.39, 0.29) is 11.2 Å². The molecule has 5 nitrogen and oxygen atoms in total. The molecule has 0 bridgehead atoms. The Balaban J connectivity index is 2.36. The van der Waals surface area contributed by atoms with Crippen molar-refractivity contribution in [3.63, 3.8) is 0 Å². The Bertz CT molecular complexity index is 474. The lowest BCUT2D eigenvalue weighted by molar-refractivity contribution is -0.133. The molecule has 1 aromatic heterocycles. The minimum Gasteiger partial charge on any atom is -0.366 e. The maximum Gasteiger partial charge on any atom is 0.169 e. The summed E-state index contributed by atoms with van der Waals surface area (Å²) >= 11 is 0. The van der Waals surface area contributed by atoms with Gasteiger partial charge in [0, 0.05) is 13.1 Å². The molecular weight excluding hydrogens is 228 g/mol. The van der Waals surface area contributed by atoms with Gasteiger partial charge in [0.15, 0.2) is 5.82 Å². The maximum atomic E-state index is 9.13. The fourth-order valence-electron chi connectivity index (χ4n) is 2.58. The van der Waals surface area contributed by atoms with Gasteiger partial charge in [0.1, 0.15) is 6.07 Å². The van der Waals surface area contributed by atoms with Crippen LogP contribution in [0.3, 0.4) is 0 Å². The molecule has 0 N–H and O–H groups in total. The van der Waals surface area contributed by atoms with Crippen LogP contribution in [0, 0.1) is 11.3 Å². The molecule has 96 valence electrons. The monoisotopic (exact) mass is 246 g/mol. The molecule has 2 rings (SSSR count). The predicted molar refractivity (Wildman–Crippen MR) is 68.2 cm³/mol. The number of ether oxygens (including phenoxy) is 1. The Morgan fingerprint density at radius 3 is 2.44 bits per heavy atom. The van der Waals surface area contributed by atoms with Gasteiger partial charge in [-0.05, 0) is 33.8 Å². The van der Waals surface area contributed by atoms with Gasteiger partial charge < -0.3 is 9.64 Å². The lowest BCUT2D eigenvalue weighted by Crippen LogP contribution is -2.57. The van der Waals surface area contributed by atoms with Crippen molar-refractivity contribution in [2.45, 2.75) is 38.9 Å². The molecule has 5 heteroatoms. The summed E-state index contributed by atoms with van der Waals surface area (Å²) < 4.78 is 6.01. The van der Waals surface area contributed by atoms with Crippen molar-refractivity contribution >= 4 is 5.82 Å². The summed E-state index contributed by atoms with van der Waals surface area (Å²) in [6.45, 7) is 9.58. The molecule has 0 unspecified atom stereocenters. The molecule has 0 atom stereocenters. The standard InChI is InChI=1S/C13H18N4O/c1-12(2)8-17(9-13(3,4)18-12)11-10(7-14)5-6-15-16-11/h5-6H,8-9H2,1-4H3. The summed E-state index contributed by atoms with van der Waals surface area (Å²) in [5.41, 5.74) is 0.0105. The van der Waals surface area contributed by atoms with Crippen LogP contribution in [-0.2, 0) is 4.74 Å². The van der Waals surface area contributed by atoms with Gasteiger partial charge in [-0.15, -0.1) is 5.10 Å². The molecule has 1 aromatic rings. The highest BCUT2D eigenvalue weighted by molar-refractivity contribution is 5.53. The highest BCUT2D eigenvalue weighted by Gasteiger charge is 2.39. The van der Waals surface area contributed by atoms with E-state index in [1.807, 2.05) is 27.7 Å². The Hall–Kier alpha value is -1.67. The average Bonchev–Trinajstić information content (AvgIpc) is 2.24. The van der Waals surface area contributed by atoms with Crippen LogP contribution in [0.15, 0.2) is 12.3 Å². The maximum absolute atomic E-state index is 9.13. The van der Waals surface area contributed by atoms with Crippen LogP contribution in [-0.4, -0.2) is 34.5 Å². The van der Waals surface area contributed by atoms with Crippen molar-refractivity contribution in [2.24, 2.45) is 0 Å². The van der Waals surface area contributed by atoms with Crippen LogP contribution in [0.1, 0.15) is 33.3 Å². The molecular formula is C13H18N4O. The number of morpholine rings is 1. The Morgan fingerprint density at radius 1 is 1.28 bits per heavy atom. The number of hydrogen-bond donors (Lipinski definition) is 0. The summed E-state index contributed by atoms with van der Waals surface area (Å²) in [5, 5.41) is 17.1. The van der Waals surface area contributed by atoms with Gasteiger partial charge in [-0.1, -0.05) is 0 Å². The van der Waals surface area contributed by atoms with Crippen molar-refractivity contribution in [2.75, 3.05) is 18.0 Å². The van der Waals surface area contributed by atoms with Crippen LogP contribution in [0.5, 0.6) is 0 Å². The third kappa shape index (κ3) is 2.59. The smallest absolute Gasteiger partial charge is 0.169 e. The fraction of sp³-hybridized carbons (Fsp3) is 0.615. The molecule has 2 heterocycles. The topological polar surface area (TPSA) is 62.0 Å². The second-order valence-electron chi connectivity index (χ2n) is 5.86. The minimum absolute atomic E-state index is 0.272. The van der Waals surface area contributed by atoms with E-state index in [2.05, 4.69) is 21.2 Å². The first-order valence-electron chi connectivity index (χ1n) is 6.00. The SMILES string of the molecule is CC1(C)CN(c2nnccc2C#N)CC(C)(C)O1. The Labute approximate surface area is 107 Å². The first-order chi connectivity index (χ1) is 8.33. The second kappa shape index (κ2) is 4.21. The lowest BCUT2D eigenvalue weighted by Gasteiger charge is -2.47. The fourth-order valence-corrected chi connectivity index (χ4v) is 2.58. The van der Waals surface area contributed by atoms with Crippen LogP contribution in [0.4, 0.5) is 5.82 Å². The molecule has 0 aromatic carbocycles. The third-order valence-corrected chi connectivity index (χ3v) is 2.82. The van der Waals surface area contributed by atoms with E-state index in [1.54, 1.807) is 12.3 Å². The van der Waals surface area contributed by atoms with E-state index in [4.69, 9.17) is 10.00 Å². The summed E-state index contributed by atoms with van der Waals surface area (Å²) in [6, 6.07) is 3.85. The molecule has 0 amide bonds. The molecule has 0 radical (unpaired) electrons. The summed E-state index contributed by atoms with van der Waals surface area (Å²) in [7, 11) is 0. The van der Waals surface area contributed by atoms with Crippen molar-refractivity contribution in [1.82, 2.24) is 10.2 Å². The molecule has 0 saturated carbocycles. The number of aromatic nitrogens is 2. The highest BCUT2D eigenvalue weighted by Crippen LogP contribution is 2.31. The average molecular weight is 246 g/mol. The summed E-state index contributed by atoms with van der Waals surface area (Å²) in [4.78, 5) is 2.08. The number of rotatable bonds is 1. The van der Waals surface area contributed by atoms with Crippen LogP contribution in [0.25, 0.3) is 0 Å². The van der Waals surface area contributed by atoms with Gasteiger partial charge in [0.2, 0.25) is 0 Å². The molecule has 0 spiro atoms. The highest BCUT2D eigenvalue weighted by atomic mass is 16.5. The van der Waals surface area contributed by atoms with E-state index < -0.39 is 0 Å². The quantitative estimate of drug-likeness (QED) is 0.755. The Morgan fingerprint density at radius 2 is 1.89 bits per heavy atom. The van der Waals surface area contributed by atoms with E-state index in [1.165, 1.54) is 0 Å². The van der Waals surface area contributed by atoms with E-state index in [9.17, 15) is 0 Å². The summed E-state index contributed by atoms with van der Waals surface area (Å²) in [6.07, 6.45) is 1.54. The van der Waals surface area contributed by atoms with Gasteiger partial charge in [-0.25, -0.2) is 0 Å². The zero-order valence-corrected chi connectivity index (χ0v) is 11.3. The van der Waals surface area contributed by atoms with Gasteiger partial charge in [0.25, 0.3) is 0 Å². The van der Waals surface area contributed by atoms with Crippen molar-refractivity contribution in [3.05, 3.63) is 17.8 Å². The second-order valence-corrected chi connectivity index (χ2v) is 5.86. The zero-order chi connectivity index (χ0) is 13.4. The minimum atomic E-state index is -0.272. The number of hydrogen-bond acceptors (Lipinski definition) is 5. The van der Waals surface area contributed by atoms with Crippen LogP contribution >= 0.6 is 0 Å². The van der Waals surface area contributed by atoms with Crippen LogP contribution < -0.4 is 4.90 Å². The first-order valence-corrected chi connectivity index (χ1v) is 6.00. The molecule has 18 heavy (non-hydrogen) atoms. The molecule has 1 aliphatic heterocycles. The van der Waals surface area contributed by atoms with Crippen molar-refractivity contribution in [3.8, 4) is 6.07 Å². The van der Waals surface area contributed by atoms with Gasteiger partial charge >= 0.3 is 0 Å². The molecule has 0 aliphatic carbocycles. The lowest BCUT2D eigenvalue weighted by atomic mass is 9.98. The van der Waals surface area contributed by atoms with Gasteiger partial charge in [-0.3, -0.25) is 0 Å². The van der Waals surface area contributed by atoms with Crippen molar-refractivity contribution < 1.29 is 4.74 Å². The normalized spacial score (nSPS) is 21.4.